The number of hydrogen-bond acceptors (Lipinski definition) is 3. The van der Waals surface area contributed by atoms with Gasteiger partial charge in [-0.15, -0.1) is 0 Å². The monoisotopic (exact) mass is 260 g/mol. The number of benzene rings is 1. The van der Waals surface area contributed by atoms with Gasteiger partial charge in [0.05, 0.1) is 7.11 Å². The van der Waals surface area contributed by atoms with E-state index in [-0.39, 0.29) is 17.6 Å². The second-order valence-electron chi connectivity index (χ2n) is 5.52. The highest BCUT2D eigenvalue weighted by Gasteiger charge is 2.37. The Balaban J connectivity index is 2.15. The Morgan fingerprint density at radius 2 is 1.68 bits per heavy atom. The van der Waals surface area contributed by atoms with E-state index in [1.54, 1.807) is 0 Å². The predicted molar refractivity (Wildman–Crippen MR) is 72.7 cm³/mol. The Morgan fingerprint density at radius 1 is 1.16 bits per heavy atom. The number of ketones is 1. The lowest BCUT2D eigenvalue weighted by Gasteiger charge is -2.20. The summed E-state index contributed by atoms with van der Waals surface area (Å²) >= 11 is 0. The maximum atomic E-state index is 12.6. The molecule has 1 aliphatic carbocycles. The molecular weight excluding hydrogens is 240 g/mol. The third kappa shape index (κ3) is 2.70. The van der Waals surface area contributed by atoms with Crippen molar-refractivity contribution in [3.05, 3.63) is 35.4 Å². The van der Waals surface area contributed by atoms with E-state index in [0.29, 0.717) is 0 Å². The molecule has 0 heterocycles. The van der Waals surface area contributed by atoms with Gasteiger partial charge in [-0.1, -0.05) is 38.1 Å². The summed E-state index contributed by atoms with van der Waals surface area (Å²) in [6.45, 7) is 3.78. The summed E-state index contributed by atoms with van der Waals surface area (Å²) in [6, 6.07) is 8.11. The maximum Gasteiger partial charge on any atom is 0.316 e. The number of methoxy groups -OCH3 is 1. The highest BCUT2D eigenvalue weighted by molar-refractivity contribution is 6.00. The van der Waals surface area contributed by atoms with E-state index in [1.807, 2.05) is 26.0 Å². The van der Waals surface area contributed by atoms with E-state index in [2.05, 4.69) is 12.1 Å². The average molecular weight is 260 g/mol. The lowest BCUT2D eigenvalue weighted by atomic mass is 9.83. The van der Waals surface area contributed by atoms with E-state index in [9.17, 15) is 9.59 Å². The van der Waals surface area contributed by atoms with Gasteiger partial charge in [-0.25, -0.2) is 0 Å². The van der Waals surface area contributed by atoms with Gasteiger partial charge >= 0.3 is 5.97 Å². The van der Waals surface area contributed by atoms with Crippen LogP contribution in [0.1, 0.15) is 25.0 Å². The van der Waals surface area contributed by atoms with Crippen molar-refractivity contribution < 1.29 is 14.3 Å². The lowest BCUT2D eigenvalue weighted by Crippen LogP contribution is -2.34. The van der Waals surface area contributed by atoms with Gasteiger partial charge < -0.3 is 4.74 Å². The third-order valence-corrected chi connectivity index (χ3v) is 3.88. The van der Waals surface area contributed by atoms with Crippen LogP contribution in [0.2, 0.25) is 0 Å². The molecule has 0 amide bonds. The van der Waals surface area contributed by atoms with Crippen LogP contribution in [0.5, 0.6) is 0 Å². The van der Waals surface area contributed by atoms with Crippen molar-refractivity contribution in [2.24, 2.45) is 17.8 Å². The third-order valence-electron chi connectivity index (χ3n) is 3.88. The number of rotatable bonds is 4. The second kappa shape index (κ2) is 5.55. The molecule has 1 aromatic rings. The van der Waals surface area contributed by atoms with Crippen LogP contribution in [0.15, 0.2) is 24.3 Å². The summed E-state index contributed by atoms with van der Waals surface area (Å²) in [7, 11) is 1.34. The zero-order valence-corrected chi connectivity index (χ0v) is 11.7. The Morgan fingerprint density at radius 3 is 2.11 bits per heavy atom. The van der Waals surface area contributed by atoms with Crippen LogP contribution in [0.25, 0.3) is 0 Å². The first kappa shape index (κ1) is 13.8. The number of hydrogen-bond donors (Lipinski definition) is 0. The van der Waals surface area contributed by atoms with Crippen molar-refractivity contribution in [1.29, 1.82) is 0 Å². The smallest absolute Gasteiger partial charge is 0.316 e. The van der Waals surface area contributed by atoms with Gasteiger partial charge in [0.25, 0.3) is 0 Å². The molecule has 3 heteroatoms. The van der Waals surface area contributed by atoms with Gasteiger partial charge in [0, 0.05) is 5.92 Å². The minimum absolute atomic E-state index is 0.0244. The Bertz CT molecular complexity index is 466. The number of Topliss-reactive ketones (excluding diaryl/α,β-unsaturated/α-hetero) is 1. The summed E-state index contributed by atoms with van der Waals surface area (Å²) in [5, 5.41) is 0. The standard InChI is InChI=1S/C16H20O3/c1-10(2)14(16(18)19-3)15(17)13-8-11-6-4-5-7-12(11)9-13/h4-7,10,13-14H,8-9H2,1-3H3. The van der Waals surface area contributed by atoms with Gasteiger partial charge in [-0.3, -0.25) is 9.59 Å². The van der Waals surface area contributed by atoms with Crippen molar-refractivity contribution in [3.63, 3.8) is 0 Å². The molecular formula is C16H20O3. The molecule has 0 bridgehead atoms. The van der Waals surface area contributed by atoms with Crippen LogP contribution in [-0.4, -0.2) is 18.9 Å². The summed E-state index contributed by atoms with van der Waals surface area (Å²) < 4.78 is 4.77. The molecule has 0 saturated carbocycles. The molecule has 1 atom stereocenters. The number of esters is 1. The normalized spacial score (nSPS) is 16.2. The molecule has 0 saturated heterocycles. The molecule has 1 aromatic carbocycles. The molecule has 0 aromatic heterocycles. The van der Waals surface area contributed by atoms with Gasteiger partial charge in [-0.05, 0) is 29.9 Å². The predicted octanol–water partition coefficient (Wildman–Crippen LogP) is 2.42. The minimum Gasteiger partial charge on any atom is -0.468 e. The average Bonchev–Trinajstić information content (AvgIpc) is 2.81. The summed E-state index contributed by atoms with van der Waals surface area (Å²) in [5.74, 6) is -1.12. The van der Waals surface area contributed by atoms with Crippen LogP contribution >= 0.6 is 0 Å². The van der Waals surface area contributed by atoms with E-state index in [1.165, 1.54) is 18.2 Å². The summed E-state index contributed by atoms with van der Waals surface area (Å²) in [5.41, 5.74) is 2.46. The summed E-state index contributed by atoms with van der Waals surface area (Å²) in [4.78, 5) is 24.3. The van der Waals surface area contributed by atoms with Crippen molar-refractivity contribution in [2.75, 3.05) is 7.11 Å². The molecule has 1 unspecified atom stereocenters. The van der Waals surface area contributed by atoms with Crippen LogP contribution in [0, 0.1) is 17.8 Å². The van der Waals surface area contributed by atoms with Crippen molar-refractivity contribution >= 4 is 11.8 Å². The Kier molecular flexibility index (Phi) is 4.03. The van der Waals surface area contributed by atoms with E-state index in [0.717, 1.165) is 12.8 Å². The summed E-state index contributed by atoms with van der Waals surface area (Å²) in [6.07, 6.45) is 1.49. The maximum absolute atomic E-state index is 12.6. The fourth-order valence-electron chi connectivity index (χ4n) is 2.86. The molecule has 0 spiro atoms. The fraction of sp³-hybridized carbons (Fsp3) is 0.500. The van der Waals surface area contributed by atoms with Crippen molar-refractivity contribution in [3.8, 4) is 0 Å². The Labute approximate surface area is 114 Å². The number of ether oxygens (including phenoxy) is 1. The zero-order valence-electron chi connectivity index (χ0n) is 11.7. The van der Waals surface area contributed by atoms with Gasteiger partial charge in [0.2, 0.25) is 0 Å². The molecule has 102 valence electrons. The first-order chi connectivity index (χ1) is 9.04. The van der Waals surface area contributed by atoms with Crippen LogP contribution in [-0.2, 0) is 27.2 Å². The lowest BCUT2D eigenvalue weighted by molar-refractivity contribution is -0.152. The molecule has 19 heavy (non-hydrogen) atoms. The first-order valence-electron chi connectivity index (χ1n) is 6.73. The zero-order chi connectivity index (χ0) is 14.0. The Hall–Kier alpha value is -1.64. The largest absolute Gasteiger partial charge is 0.468 e. The van der Waals surface area contributed by atoms with Gasteiger partial charge in [-0.2, -0.15) is 0 Å². The topological polar surface area (TPSA) is 43.4 Å². The minimum atomic E-state index is -0.635. The molecule has 3 nitrogen and oxygen atoms in total. The van der Waals surface area contributed by atoms with Crippen LogP contribution < -0.4 is 0 Å². The van der Waals surface area contributed by atoms with E-state index >= 15 is 0 Å². The molecule has 1 aliphatic rings. The van der Waals surface area contributed by atoms with E-state index in [4.69, 9.17) is 4.74 Å². The van der Waals surface area contributed by atoms with Gasteiger partial charge in [0.1, 0.15) is 5.92 Å². The number of carbonyl (C=O) groups excluding carboxylic acids is 2. The number of carbonyl (C=O) groups is 2. The molecule has 0 aliphatic heterocycles. The quantitative estimate of drug-likeness (QED) is 0.617. The number of fused-ring (bicyclic) bond motifs is 1. The molecule has 0 radical (unpaired) electrons. The second-order valence-corrected chi connectivity index (χ2v) is 5.52. The van der Waals surface area contributed by atoms with Crippen molar-refractivity contribution in [1.82, 2.24) is 0 Å². The highest BCUT2D eigenvalue weighted by Crippen LogP contribution is 2.30. The van der Waals surface area contributed by atoms with Crippen molar-refractivity contribution in [2.45, 2.75) is 26.7 Å². The van der Waals surface area contributed by atoms with E-state index < -0.39 is 11.9 Å². The first-order valence-corrected chi connectivity index (χ1v) is 6.73. The molecule has 0 N–H and O–H groups in total. The highest BCUT2D eigenvalue weighted by atomic mass is 16.5. The molecule has 2 rings (SSSR count). The van der Waals surface area contributed by atoms with Crippen LogP contribution in [0.3, 0.4) is 0 Å². The molecule has 0 fully saturated rings. The van der Waals surface area contributed by atoms with Crippen LogP contribution in [0.4, 0.5) is 0 Å². The van der Waals surface area contributed by atoms with Gasteiger partial charge in [0.15, 0.2) is 5.78 Å². The SMILES string of the molecule is COC(=O)C(C(=O)C1Cc2ccccc2C1)C(C)C. The fourth-order valence-corrected chi connectivity index (χ4v) is 2.86.